The molecule has 1 unspecified atom stereocenters. The van der Waals surface area contributed by atoms with Crippen molar-refractivity contribution in [2.75, 3.05) is 35.3 Å². The highest BCUT2D eigenvalue weighted by molar-refractivity contribution is 7.19. The van der Waals surface area contributed by atoms with E-state index < -0.39 is 0 Å². The normalized spacial score (nSPS) is 19.6. The van der Waals surface area contributed by atoms with E-state index >= 15 is 0 Å². The van der Waals surface area contributed by atoms with Gasteiger partial charge in [0, 0.05) is 31.3 Å². The van der Waals surface area contributed by atoms with E-state index in [1.165, 1.54) is 11.3 Å². The molecular weight excluding hydrogens is 366 g/mol. The summed E-state index contributed by atoms with van der Waals surface area (Å²) >= 11 is 1.37. The quantitative estimate of drug-likeness (QED) is 0.847. The summed E-state index contributed by atoms with van der Waals surface area (Å²) in [6.07, 6.45) is 3.08. The average Bonchev–Trinajstić information content (AvgIpc) is 3.41. The monoisotopic (exact) mass is 387 g/mol. The number of hydrogen-bond donors (Lipinski definition) is 1. The van der Waals surface area contributed by atoms with E-state index in [1.54, 1.807) is 18.1 Å². The predicted octanol–water partition coefficient (Wildman–Crippen LogP) is 2.28. The molecule has 1 aromatic carbocycles. The molecule has 0 spiro atoms. The molecule has 2 aliphatic rings. The highest BCUT2D eigenvalue weighted by atomic mass is 32.1. The summed E-state index contributed by atoms with van der Waals surface area (Å²) < 4.78 is 5.20. The molecule has 2 fully saturated rings. The second-order valence-electron chi connectivity index (χ2n) is 6.59. The Morgan fingerprint density at radius 1 is 1.26 bits per heavy atom. The van der Waals surface area contributed by atoms with Crippen LogP contribution >= 0.6 is 11.3 Å². The molecule has 2 amide bonds. The summed E-state index contributed by atoms with van der Waals surface area (Å²) in [7, 11) is 1.60. The number of nitrogens with one attached hydrogen (secondary N) is 1. The standard InChI is InChI=1S/C18H21N5O3S/c1-26-13-6-2-5-12(11-13)19-16(25)14-7-3-9-22(14)17-20-21-18(27-17)23-10-4-8-15(23)24/h2,5-6,11,14H,3-4,7-10H2,1H3,(H,19,25). The Morgan fingerprint density at radius 3 is 2.89 bits per heavy atom. The molecule has 1 aromatic heterocycles. The zero-order valence-electron chi connectivity index (χ0n) is 15.1. The van der Waals surface area contributed by atoms with E-state index in [-0.39, 0.29) is 17.9 Å². The fourth-order valence-corrected chi connectivity index (χ4v) is 4.44. The number of anilines is 3. The van der Waals surface area contributed by atoms with Gasteiger partial charge in [0.25, 0.3) is 0 Å². The smallest absolute Gasteiger partial charge is 0.247 e. The van der Waals surface area contributed by atoms with Crippen LogP contribution in [0.1, 0.15) is 25.7 Å². The minimum atomic E-state index is -0.300. The first-order valence-corrected chi connectivity index (χ1v) is 9.83. The van der Waals surface area contributed by atoms with Crippen LogP contribution in [0, 0.1) is 0 Å². The van der Waals surface area contributed by atoms with Gasteiger partial charge < -0.3 is 15.0 Å². The molecule has 8 nitrogen and oxygen atoms in total. The van der Waals surface area contributed by atoms with Gasteiger partial charge in [-0.3, -0.25) is 14.5 Å². The third kappa shape index (κ3) is 3.59. The van der Waals surface area contributed by atoms with Gasteiger partial charge in [0.1, 0.15) is 11.8 Å². The van der Waals surface area contributed by atoms with Crippen molar-refractivity contribution in [1.82, 2.24) is 10.2 Å². The summed E-state index contributed by atoms with van der Waals surface area (Å²) in [6, 6.07) is 7.00. The van der Waals surface area contributed by atoms with Crippen molar-refractivity contribution in [3.63, 3.8) is 0 Å². The van der Waals surface area contributed by atoms with Crippen molar-refractivity contribution in [2.24, 2.45) is 0 Å². The van der Waals surface area contributed by atoms with E-state index in [1.807, 2.05) is 23.1 Å². The van der Waals surface area contributed by atoms with Gasteiger partial charge in [-0.15, -0.1) is 10.2 Å². The van der Waals surface area contributed by atoms with Crippen LogP contribution in [0.15, 0.2) is 24.3 Å². The molecule has 0 saturated carbocycles. The molecule has 9 heteroatoms. The molecule has 1 N–H and O–H groups in total. The van der Waals surface area contributed by atoms with Crippen LogP contribution in [0.25, 0.3) is 0 Å². The van der Waals surface area contributed by atoms with Crippen molar-refractivity contribution >= 4 is 39.1 Å². The molecule has 2 saturated heterocycles. The Hall–Kier alpha value is -2.68. The minimum absolute atomic E-state index is 0.0743. The van der Waals surface area contributed by atoms with Crippen LogP contribution in [-0.4, -0.2) is 48.3 Å². The number of nitrogens with zero attached hydrogens (tertiary/aromatic N) is 4. The highest BCUT2D eigenvalue weighted by Crippen LogP contribution is 2.34. The van der Waals surface area contributed by atoms with Crippen molar-refractivity contribution in [2.45, 2.75) is 31.7 Å². The summed E-state index contributed by atoms with van der Waals surface area (Å²) in [4.78, 5) is 28.4. The van der Waals surface area contributed by atoms with Crippen molar-refractivity contribution in [3.05, 3.63) is 24.3 Å². The Balaban J connectivity index is 1.48. The summed E-state index contributed by atoms with van der Waals surface area (Å²) in [5, 5.41) is 12.7. The van der Waals surface area contributed by atoms with Crippen LogP contribution in [0.4, 0.5) is 16.0 Å². The predicted molar refractivity (Wildman–Crippen MR) is 103 cm³/mol. The second kappa shape index (κ2) is 7.51. The third-order valence-electron chi connectivity index (χ3n) is 4.85. The first kappa shape index (κ1) is 17.7. The summed E-state index contributed by atoms with van der Waals surface area (Å²) in [5.41, 5.74) is 0.701. The zero-order valence-corrected chi connectivity index (χ0v) is 15.9. The number of benzene rings is 1. The van der Waals surface area contributed by atoms with Gasteiger partial charge in [-0.1, -0.05) is 17.4 Å². The lowest BCUT2D eigenvalue weighted by atomic mass is 10.2. The van der Waals surface area contributed by atoms with Gasteiger partial charge in [0.05, 0.1) is 7.11 Å². The Labute approximate surface area is 161 Å². The SMILES string of the molecule is COc1cccc(NC(=O)C2CCCN2c2nnc(N3CCCC3=O)s2)c1. The number of aromatic nitrogens is 2. The second-order valence-corrected chi connectivity index (χ2v) is 7.52. The Kier molecular flexibility index (Phi) is 4.93. The van der Waals surface area contributed by atoms with E-state index in [2.05, 4.69) is 15.5 Å². The van der Waals surface area contributed by atoms with Crippen LogP contribution < -0.4 is 19.9 Å². The zero-order chi connectivity index (χ0) is 18.8. The average molecular weight is 387 g/mol. The number of methoxy groups -OCH3 is 1. The molecule has 4 rings (SSSR count). The molecule has 3 heterocycles. The fourth-order valence-electron chi connectivity index (χ4n) is 3.48. The molecule has 27 heavy (non-hydrogen) atoms. The largest absolute Gasteiger partial charge is 0.497 e. The maximum Gasteiger partial charge on any atom is 0.247 e. The van der Waals surface area contributed by atoms with E-state index in [4.69, 9.17) is 4.74 Å². The fraction of sp³-hybridized carbons (Fsp3) is 0.444. The molecule has 0 radical (unpaired) electrons. The number of hydrogen-bond acceptors (Lipinski definition) is 7. The van der Waals surface area contributed by atoms with Gasteiger partial charge in [-0.25, -0.2) is 0 Å². The maximum atomic E-state index is 12.8. The lowest BCUT2D eigenvalue weighted by Crippen LogP contribution is -2.39. The molecule has 2 aliphatic heterocycles. The summed E-state index contributed by atoms with van der Waals surface area (Å²) in [5.74, 6) is 0.710. The van der Waals surface area contributed by atoms with Gasteiger partial charge in [-0.2, -0.15) is 0 Å². The first-order valence-electron chi connectivity index (χ1n) is 9.01. The summed E-state index contributed by atoms with van der Waals surface area (Å²) in [6.45, 7) is 1.44. The van der Waals surface area contributed by atoms with Crippen LogP contribution in [0.5, 0.6) is 5.75 Å². The maximum absolute atomic E-state index is 12.8. The molecular formula is C18H21N5O3S. The van der Waals surface area contributed by atoms with Crippen LogP contribution in [0.3, 0.4) is 0 Å². The van der Waals surface area contributed by atoms with E-state index in [0.29, 0.717) is 34.7 Å². The third-order valence-corrected chi connectivity index (χ3v) is 5.83. The number of carbonyl (C=O) groups excluding carboxylic acids is 2. The van der Waals surface area contributed by atoms with Gasteiger partial charge in [0.2, 0.25) is 22.1 Å². The molecule has 142 valence electrons. The number of amides is 2. The lowest BCUT2D eigenvalue weighted by molar-refractivity contribution is -0.117. The van der Waals surface area contributed by atoms with Gasteiger partial charge in [-0.05, 0) is 31.4 Å². The molecule has 0 aliphatic carbocycles. The number of carbonyl (C=O) groups is 2. The topological polar surface area (TPSA) is 87.7 Å². The van der Waals surface area contributed by atoms with Gasteiger partial charge >= 0.3 is 0 Å². The number of ether oxygens (including phenoxy) is 1. The lowest BCUT2D eigenvalue weighted by Gasteiger charge is -2.22. The van der Waals surface area contributed by atoms with Crippen LogP contribution in [0.2, 0.25) is 0 Å². The minimum Gasteiger partial charge on any atom is -0.497 e. The van der Waals surface area contributed by atoms with Crippen LogP contribution in [-0.2, 0) is 9.59 Å². The number of rotatable bonds is 5. The Morgan fingerprint density at radius 2 is 2.11 bits per heavy atom. The van der Waals surface area contributed by atoms with Crippen molar-refractivity contribution < 1.29 is 14.3 Å². The first-order chi connectivity index (χ1) is 13.2. The molecule has 2 aromatic rings. The molecule has 0 bridgehead atoms. The van der Waals surface area contributed by atoms with E-state index in [0.717, 1.165) is 25.8 Å². The van der Waals surface area contributed by atoms with E-state index in [9.17, 15) is 9.59 Å². The highest BCUT2D eigenvalue weighted by Gasteiger charge is 2.34. The van der Waals surface area contributed by atoms with Gasteiger partial charge in [0.15, 0.2) is 0 Å². The van der Waals surface area contributed by atoms with Crippen molar-refractivity contribution in [3.8, 4) is 5.75 Å². The molecule has 1 atom stereocenters. The Bertz CT molecular complexity index is 855. The van der Waals surface area contributed by atoms with Crippen molar-refractivity contribution in [1.29, 1.82) is 0 Å².